The minimum atomic E-state index is -0.0617. The maximum atomic E-state index is 6.39. The first-order valence-corrected chi connectivity index (χ1v) is 6.25. The van der Waals surface area contributed by atoms with Crippen LogP contribution in [-0.2, 0) is 6.42 Å². The molecular formula is C13H18N4. The summed E-state index contributed by atoms with van der Waals surface area (Å²) in [4.78, 5) is 0. The zero-order valence-electron chi connectivity index (χ0n) is 10.2. The standard InChI is InChI=1S/C13H18N4/c1-10-4-7-17-11(8-10)15-16-12(17)9-13(14)5-2-3-6-13/h4,7-8H,2-3,5-6,9,14H2,1H3. The van der Waals surface area contributed by atoms with Gasteiger partial charge >= 0.3 is 0 Å². The molecule has 0 atom stereocenters. The van der Waals surface area contributed by atoms with Gasteiger partial charge in [0.2, 0.25) is 0 Å². The summed E-state index contributed by atoms with van der Waals surface area (Å²) in [5.74, 6) is 0.990. The van der Waals surface area contributed by atoms with Gasteiger partial charge in [-0.1, -0.05) is 12.8 Å². The minimum Gasteiger partial charge on any atom is -0.325 e. The van der Waals surface area contributed by atoms with Crippen LogP contribution < -0.4 is 5.73 Å². The Bertz CT molecular complexity index is 537. The van der Waals surface area contributed by atoms with E-state index in [0.717, 1.165) is 30.7 Å². The molecule has 4 nitrogen and oxygen atoms in total. The number of hydrogen-bond acceptors (Lipinski definition) is 3. The summed E-state index contributed by atoms with van der Waals surface area (Å²) in [6.45, 7) is 2.07. The molecule has 0 saturated heterocycles. The van der Waals surface area contributed by atoms with Gasteiger partial charge in [0.25, 0.3) is 0 Å². The van der Waals surface area contributed by atoms with E-state index in [1.54, 1.807) is 0 Å². The molecule has 0 unspecified atom stereocenters. The van der Waals surface area contributed by atoms with Crippen LogP contribution in [0.25, 0.3) is 5.65 Å². The Morgan fingerprint density at radius 2 is 2.12 bits per heavy atom. The van der Waals surface area contributed by atoms with Crippen LogP contribution in [0.15, 0.2) is 18.3 Å². The van der Waals surface area contributed by atoms with Gasteiger partial charge in [-0.3, -0.25) is 4.40 Å². The van der Waals surface area contributed by atoms with E-state index in [0.29, 0.717) is 0 Å². The first-order valence-electron chi connectivity index (χ1n) is 6.25. The molecule has 4 heteroatoms. The largest absolute Gasteiger partial charge is 0.325 e. The second kappa shape index (κ2) is 3.81. The fourth-order valence-corrected chi connectivity index (χ4v) is 2.73. The topological polar surface area (TPSA) is 56.2 Å². The van der Waals surface area contributed by atoms with Crippen LogP contribution in [-0.4, -0.2) is 20.1 Å². The number of pyridine rings is 1. The molecule has 0 radical (unpaired) electrons. The molecule has 90 valence electrons. The van der Waals surface area contributed by atoms with Crippen molar-refractivity contribution in [3.63, 3.8) is 0 Å². The van der Waals surface area contributed by atoms with Crippen LogP contribution in [0.4, 0.5) is 0 Å². The fourth-order valence-electron chi connectivity index (χ4n) is 2.73. The number of fused-ring (bicyclic) bond motifs is 1. The van der Waals surface area contributed by atoms with Crippen molar-refractivity contribution in [2.45, 2.75) is 44.6 Å². The Balaban J connectivity index is 1.95. The summed E-state index contributed by atoms with van der Waals surface area (Å²) in [7, 11) is 0. The highest BCUT2D eigenvalue weighted by Gasteiger charge is 2.31. The first kappa shape index (κ1) is 10.7. The fraction of sp³-hybridized carbons (Fsp3) is 0.538. The molecule has 0 spiro atoms. The van der Waals surface area contributed by atoms with Crippen molar-refractivity contribution in [1.82, 2.24) is 14.6 Å². The van der Waals surface area contributed by atoms with Crippen LogP contribution in [0.3, 0.4) is 0 Å². The molecule has 0 aromatic carbocycles. The molecule has 1 fully saturated rings. The Labute approximate surface area is 101 Å². The minimum absolute atomic E-state index is 0.0617. The molecule has 2 aromatic heterocycles. The third-order valence-corrected chi connectivity index (χ3v) is 3.75. The number of rotatable bonds is 2. The Morgan fingerprint density at radius 3 is 2.88 bits per heavy atom. The van der Waals surface area contributed by atoms with Crippen LogP contribution in [0.1, 0.15) is 37.1 Å². The third kappa shape index (κ3) is 1.93. The molecule has 17 heavy (non-hydrogen) atoms. The monoisotopic (exact) mass is 230 g/mol. The van der Waals surface area contributed by atoms with Crippen molar-refractivity contribution in [1.29, 1.82) is 0 Å². The van der Waals surface area contributed by atoms with E-state index in [2.05, 4.69) is 27.6 Å². The first-order chi connectivity index (χ1) is 8.16. The molecule has 0 bridgehead atoms. The van der Waals surface area contributed by atoms with Crippen LogP contribution >= 0.6 is 0 Å². The summed E-state index contributed by atoms with van der Waals surface area (Å²) in [6.07, 6.45) is 7.57. The zero-order chi connectivity index (χ0) is 11.9. The maximum absolute atomic E-state index is 6.39. The average molecular weight is 230 g/mol. The van der Waals surface area contributed by atoms with Crippen molar-refractivity contribution in [3.8, 4) is 0 Å². The number of nitrogens with zero attached hydrogens (tertiary/aromatic N) is 3. The van der Waals surface area contributed by atoms with Gasteiger partial charge in [0.05, 0.1) is 0 Å². The highest BCUT2D eigenvalue weighted by molar-refractivity contribution is 5.40. The van der Waals surface area contributed by atoms with E-state index < -0.39 is 0 Å². The summed E-state index contributed by atoms with van der Waals surface area (Å²) < 4.78 is 2.06. The summed E-state index contributed by atoms with van der Waals surface area (Å²) in [5.41, 5.74) is 8.45. The number of hydrogen-bond donors (Lipinski definition) is 1. The van der Waals surface area contributed by atoms with E-state index in [-0.39, 0.29) is 5.54 Å². The molecule has 0 amide bonds. The van der Waals surface area contributed by atoms with E-state index in [1.807, 2.05) is 12.3 Å². The van der Waals surface area contributed by atoms with Crippen molar-refractivity contribution in [2.75, 3.05) is 0 Å². The van der Waals surface area contributed by atoms with Gasteiger partial charge in [-0.05, 0) is 37.5 Å². The lowest BCUT2D eigenvalue weighted by Crippen LogP contribution is -2.39. The van der Waals surface area contributed by atoms with Gasteiger partial charge < -0.3 is 5.73 Å². The van der Waals surface area contributed by atoms with E-state index in [9.17, 15) is 0 Å². The van der Waals surface area contributed by atoms with Crippen LogP contribution in [0, 0.1) is 6.92 Å². The van der Waals surface area contributed by atoms with Gasteiger partial charge in [0, 0.05) is 18.2 Å². The molecule has 1 aliphatic carbocycles. The van der Waals surface area contributed by atoms with Crippen molar-refractivity contribution in [2.24, 2.45) is 5.73 Å². The van der Waals surface area contributed by atoms with Crippen LogP contribution in [0.2, 0.25) is 0 Å². The Kier molecular flexibility index (Phi) is 2.40. The second-order valence-electron chi connectivity index (χ2n) is 5.29. The lowest BCUT2D eigenvalue weighted by molar-refractivity contribution is 0.425. The molecular weight excluding hydrogens is 212 g/mol. The SMILES string of the molecule is Cc1ccn2c(CC3(N)CCCC3)nnc2c1. The smallest absolute Gasteiger partial charge is 0.161 e. The maximum Gasteiger partial charge on any atom is 0.161 e. The molecule has 3 rings (SSSR count). The summed E-state index contributed by atoms with van der Waals surface area (Å²) in [6, 6.07) is 4.13. The molecule has 2 N–H and O–H groups in total. The highest BCUT2D eigenvalue weighted by Crippen LogP contribution is 2.30. The van der Waals surface area contributed by atoms with Crippen molar-refractivity contribution in [3.05, 3.63) is 29.7 Å². The van der Waals surface area contributed by atoms with Crippen molar-refractivity contribution < 1.29 is 0 Å². The van der Waals surface area contributed by atoms with E-state index in [1.165, 1.54) is 18.4 Å². The van der Waals surface area contributed by atoms with Gasteiger partial charge in [0.15, 0.2) is 5.65 Å². The molecule has 1 aliphatic rings. The predicted octanol–water partition coefficient (Wildman–Crippen LogP) is 1.85. The zero-order valence-corrected chi connectivity index (χ0v) is 10.2. The molecule has 0 aliphatic heterocycles. The number of aryl methyl sites for hydroxylation is 1. The molecule has 2 aromatic rings. The van der Waals surface area contributed by atoms with Gasteiger partial charge in [-0.25, -0.2) is 0 Å². The van der Waals surface area contributed by atoms with E-state index in [4.69, 9.17) is 5.73 Å². The molecule has 2 heterocycles. The predicted molar refractivity (Wildman–Crippen MR) is 66.8 cm³/mol. The lowest BCUT2D eigenvalue weighted by Gasteiger charge is -2.22. The Morgan fingerprint density at radius 1 is 1.35 bits per heavy atom. The average Bonchev–Trinajstić information content (AvgIpc) is 2.87. The third-order valence-electron chi connectivity index (χ3n) is 3.75. The number of nitrogens with two attached hydrogens (primary N) is 1. The normalized spacial score (nSPS) is 18.9. The van der Waals surface area contributed by atoms with Gasteiger partial charge in [0.1, 0.15) is 5.82 Å². The van der Waals surface area contributed by atoms with Gasteiger partial charge in [-0.2, -0.15) is 0 Å². The summed E-state index contributed by atoms with van der Waals surface area (Å²) in [5, 5.41) is 8.49. The summed E-state index contributed by atoms with van der Waals surface area (Å²) >= 11 is 0. The lowest BCUT2D eigenvalue weighted by atomic mass is 9.94. The molecule has 1 saturated carbocycles. The second-order valence-corrected chi connectivity index (χ2v) is 5.29. The highest BCUT2D eigenvalue weighted by atomic mass is 15.2. The number of aromatic nitrogens is 3. The van der Waals surface area contributed by atoms with E-state index >= 15 is 0 Å². The Hall–Kier alpha value is -1.42. The van der Waals surface area contributed by atoms with Gasteiger partial charge in [-0.15, -0.1) is 10.2 Å². The van der Waals surface area contributed by atoms with Crippen molar-refractivity contribution >= 4 is 5.65 Å². The quantitative estimate of drug-likeness (QED) is 0.856. The van der Waals surface area contributed by atoms with Crippen LogP contribution in [0.5, 0.6) is 0 Å².